The second kappa shape index (κ2) is 4.84. The lowest BCUT2D eigenvalue weighted by Gasteiger charge is -2.10. The predicted octanol–water partition coefficient (Wildman–Crippen LogP) is 4.63. The number of hydrogen-bond acceptors (Lipinski definition) is 1. The lowest BCUT2D eigenvalue weighted by Crippen LogP contribution is -1.98. The third-order valence-electron chi connectivity index (χ3n) is 2.78. The molecular weight excluding hydrogens is 276 g/mol. The van der Waals surface area contributed by atoms with Crippen molar-refractivity contribution in [1.82, 2.24) is 0 Å². The summed E-state index contributed by atoms with van der Waals surface area (Å²) in [7, 11) is 0. The number of benzene rings is 2. The van der Waals surface area contributed by atoms with E-state index in [1.54, 1.807) is 6.92 Å². The van der Waals surface area contributed by atoms with E-state index in [2.05, 4.69) is 15.9 Å². The zero-order chi connectivity index (χ0) is 12.4. The van der Waals surface area contributed by atoms with Crippen LogP contribution in [0.3, 0.4) is 0 Å². The van der Waals surface area contributed by atoms with E-state index in [0.29, 0.717) is 0 Å². The molecule has 0 amide bonds. The maximum atomic E-state index is 11.6. The Bertz CT molecular complexity index is 556. The number of carbonyl (C=O) groups is 1. The molecule has 0 spiro atoms. The summed E-state index contributed by atoms with van der Waals surface area (Å²) in [5.41, 5.74) is 4.02. The van der Waals surface area contributed by atoms with Gasteiger partial charge >= 0.3 is 0 Å². The van der Waals surface area contributed by atoms with Gasteiger partial charge in [0, 0.05) is 10.0 Å². The number of ketones is 1. The molecule has 0 saturated carbocycles. The first-order valence-electron chi connectivity index (χ1n) is 5.46. The molecule has 86 valence electrons. The van der Waals surface area contributed by atoms with Gasteiger partial charge in [-0.15, -0.1) is 0 Å². The Labute approximate surface area is 110 Å². The first kappa shape index (κ1) is 12.1. The third-order valence-corrected chi connectivity index (χ3v) is 3.31. The van der Waals surface area contributed by atoms with Gasteiger partial charge in [0.15, 0.2) is 5.78 Å². The van der Waals surface area contributed by atoms with Crippen LogP contribution in [-0.4, -0.2) is 5.78 Å². The highest BCUT2D eigenvalue weighted by Crippen LogP contribution is 2.28. The van der Waals surface area contributed by atoms with E-state index in [9.17, 15) is 4.79 Å². The number of halogens is 1. The fourth-order valence-corrected chi connectivity index (χ4v) is 2.23. The van der Waals surface area contributed by atoms with Crippen LogP contribution in [0.4, 0.5) is 0 Å². The first-order valence-corrected chi connectivity index (χ1v) is 6.25. The van der Waals surface area contributed by atoms with Gasteiger partial charge in [-0.05, 0) is 42.7 Å². The van der Waals surface area contributed by atoms with Gasteiger partial charge in [-0.2, -0.15) is 0 Å². The standard InChI is InChI=1S/C15H13BrO/c1-10-4-3-5-14(11(2)17)15(10)12-6-8-13(16)9-7-12/h3-9H,1-2H3. The van der Waals surface area contributed by atoms with Crippen LogP contribution < -0.4 is 0 Å². The molecule has 0 atom stereocenters. The zero-order valence-electron chi connectivity index (χ0n) is 9.83. The molecule has 0 saturated heterocycles. The monoisotopic (exact) mass is 288 g/mol. The largest absolute Gasteiger partial charge is 0.294 e. The molecule has 0 aromatic heterocycles. The smallest absolute Gasteiger partial charge is 0.160 e. The molecule has 0 N–H and O–H groups in total. The van der Waals surface area contributed by atoms with Crippen molar-refractivity contribution in [3.05, 3.63) is 58.1 Å². The van der Waals surface area contributed by atoms with Crippen LogP contribution in [-0.2, 0) is 0 Å². The average molecular weight is 289 g/mol. The van der Waals surface area contributed by atoms with E-state index >= 15 is 0 Å². The fraction of sp³-hybridized carbons (Fsp3) is 0.133. The van der Waals surface area contributed by atoms with Gasteiger partial charge in [0.25, 0.3) is 0 Å². The highest BCUT2D eigenvalue weighted by molar-refractivity contribution is 9.10. The van der Waals surface area contributed by atoms with Crippen LogP contribution in [0.5, 0.6) is 0 Å². The van der Waals surface area contributed by atoms with Crippen LogP contribution in [0, 0.1) is 6.92 Å². The third kappa shape index (κ3) is 2.47. The number of aryl methyl sites for hydroxylation is 1. The molecule has 2 rings (SSSR count). The van der Waals surface area contributed by atoms with Crippen LogP contribution in [0.2, 0.25) is 0 Å². The summed E-state index contributed by atoms with van der Waals surface area (Å²) in [5, 5.41) is 0. The van der Waals surface area contributed by atoms with Crippen molar-refractivity contribution in [2.24, 2.45) is 0 Å². The zero-order valence-corrected chi connectivity index (χ0v) is 11.4. The van der Waals surface area contributed by atoms with Crippen LogP contribution >= 0.6 is 15.9 Å². The second-order valence-electron chi connectivity index (χ2n) is 4.06. The van der Waals surface area contributed by atoms with E-state index in [-0.39, 0.29) is 5.78 Å². The molecule has 2 aromatic carbocycles. The normalized spacial score (nSPS) is 10.3. The number of carbonyl (C=O) groups excluding carboxylic acids is 1. The van der Waals surface area contributed by atoms with E-state index < -0.39 is 0 Å². The lowest BCUT2D eigenvalue weighted by atomic mass is 9.93. The molecule has 0 heterocycles. The molecular formula is C15H13BrO. The fourth-order valence-electron chi connectivity index (χ4n) is 1.96. The first-order chi connectivity index (χ1) is 8.09. The summed E-state index contributed by atoms with van der Waals surface area (Å²) in [4.78, 5) is 11.6. The molecule has 0 unspecified atom stereocenters. The Morgan fingerprint density at radius 1 is 1.06 bits per heavy atom. The van der Waals surface area contributed by atoms with Gasteiger partial charge in [0.2, 0.25) is 0 Å². The maximum Gasteiger partial charge on any atom is 0.160 e. The van der Waals surface area contributed by atoms with Gasteiger partial charge in [0.05, 0.1) is 0 Å². The Kier molecular flexibility index (Phi) is 3.43. The minimum absolute atomic E-state index is 0.103. The molecule has 0 radical (unpaired) electrons. The van der Waals surface area contributed by atoms with Crippen LogP contribution in [0.15, 0.2) is 46.9 Å². The molecule has 2 aromatic rings. The Balaban J connectivity index is 2.65. The lowest BCUT2D eigenvalue weighted by molar-refractivity contribution is 0.101. The highest BCUT2D eigenvalue weighted by Gasteiger charge is 2.11. The quantitative estimate of drug-likeness (QED) is 0.737. The summed E-state index contributed by atoms with van der Waals surface area (Å²) in [6.07, 6.45) is 0. The number of hydrogen-bond donors (Lipinski definition) is 0. The molecule has 17 heavy (non-hydrogen) atoms. The predicted molar refractivity (Wildman–Crippen MR) is 74.3 cm³/mol. The molecule has 0 aliphatic rings. The van der Waals surface area contributed by atoms with E-state index in [1.807, 2.05) is 49.4 Å². The second-order valence-corrected chi connectivity index (χ2v) is 4.98. The topological polar surface area (TPSA) is 17.1 Å². The molecule has 1 nitrogen and oxygen atoms in total. The van der Waals surface area contributed by atoms with Crippen LogP contribution in [0.25, 0.3) is 11.1 Å². The van der Waals surface area contributed by atoms with Gasteiger partial charge in [0.1, 0.15) is 0 Å². The summed E-state index contributed by atoms with van der Waals surface area (Å²) < 4.78 is 1.04. The number of Topliss-reactive ketones (excluding diaryl/α,β-unsaturated/α-hetero) is 1. The van der Waals surface area contributed by atoms with Gasteiger partial charge < -0.3 is 0 Å². The summed E-state index contributed by atoms with van der Waals surface area (Å²) in [6.45, 7) is 3.64. The van der Waals surface area contributed by atoms with E-state index in [0.717, 1.165) is 26.7 Å². The van der Waals surface area contributed by atoms with Crippen molar-refractivity contribution in [2.45, 2.75) is 13.8 Å². The van der Waals surface area contributed by atoms with E-state index in [1.165, 1.54) is 0 Å². The van der Waals surface area contributed by atoms with Crippen molar-refractivity contribution in [2.75, 3.05) is 0 Å². The Morgan fingerprint density at radius 3 is 2.29 bits per heavy atom. The van der Waals surface area contributed by atoms with Crippen molar-refractivity contribution in [3.63, 3.8) is 0 Å². The van der Waals surface area contributed by atoms with Crippen molar-refractivity contribution >= 4 is 21.7 Å². The molecule has 0 fully saturated rings. The van der Waals surface area contributed by atoms with Gasteiger partial charge in [-0.3, -0.25) is 4.79 Å². The van der Waals surface area contributed by atoms with Gasteiger partial charge in [-0.1, -0.05) is 46.3 Å². The Hall–Kier alpha value is -1.41. The summed E-state index contributed by atoms with van der Waals surface area (Å²) >= 11 is 3.42. The molecule has 2 heteroatoms. The SMILES string of the molecule is CC(=O)c1cccc(C)c1-c1ccc(Br)cc1. The van der Waals surface area contributed by atoms with Gasteiger partial charge in [-0.25, -0.2) is 0 Å². The molecule has 0 aliphatic heterocycles. The molecule has 0 bridgehead atoms. The highest BCUT2D eigenvalue weighted by atomic mass is 79.9. The molecule has 0 aliphatic carbocycles. The van der Waals surface area contributed by atoms with Crippen molar-refractivity contribution in [1.29, 1.82) is 0 Å². The number of rotatable bonds is 2. The Morgan fingerprint density at radius 2 is 1.71 bits per heavy atom. The van der Waals surface area contributed by atoms with Crippen molar-refractivity contribution < 1.29 is 4.79 Å². The minimum atomic E-state index is 0.103. The summed E-state index contributed by atoms with van der Waals surface area (Å²) in [6, 6.07) is 13.9. The maximum absolute atomic E-state index is 11.6. The van der Waals surface area contributed by atoms with E-state index in [4.69, 9.17) is 0 Å². The van der Waals surface area contributed by atoms with Crippen molar-refractivity contribution in [3.8, 4) is 11.1 Å². The summed E-state index contributed by atoms with van der Waals surface area (Å²) in [5.74, 6) is 0.103. The van der Waals surface area contributed by atoms with Crippen LogP contribution in [0.1, 0.15) is 22.8 Å². The minimum Gasteiger partial charge on any atom is -0.294 e. The average Bonchev–Trinajstić information content (AvgIpc) is 2.30.